The minimum atomic E-state index is -3.84. The number of hydrogen-bond donors (Lipinski definition) is 0. The Morgan fingerprint density at radius 2 is 1.54 bits per heavy atom. The van der Waals surface area contributed by atoms with Crippen LogP contribution in [-0.2, 0) is 16.4 Å². The zero-order valence-corrected chi connectivity index (χ0v) is 21.6. The molecule has 0 aliphatic carbocycles. The lowest BCUT2D eigenvalue weighted by Crippen LogP contribution is -2.33. The van der Waals surface area contributed by atoms with Gasteiger partial charge in [-0.25, -0.2) is 8.42 Å². The molecule has 0 N–H and O–H groups in total. The molecule has 0 radical (unpaired) electrons. The molecule has 2 aromatic heterocycles. The van der Waals surface area contributed by atoms with Crippen LogP contribution in [0.15, 0.2) is 77.7 Å². The van der Waals surface area contributed by atoms with Crippen LogP contribution in [0.3, 0.4) is 0 Å². The third-order valence-corrected chi connectivity index (χ3v) is 8.64. The highest BCUT2D eigenvalue weighted by atomic mass is 32.2. The SMILES string of the molecule is Cc1ccc(N(CCc2nnc3sc(-c4ccc([N+](=O)[O-])cc4)nn23)S(=O)(=O)c2ccc(C)cc2)cc1. The molecule has 0 bridgehead atoms. The van der Waals surface area contributed by atoms with Crippen molar-refractivity contribution in [3.63, 3.8) is 0 Å². The van der Waals surface area contributed by atoms with Crippen molar-refractivity contribution in [1.82, 2.24) is 19.8 Å². The number of sulfonamides is 1. The molecule has 0 aliphatic heterocycles. The Hall–Kier alpha value is -4.16. The maximum Gasteiger partial charge on any atom is 0.269 e. The van der Waals surface area contributed by atoms with Gasteiger partial charge < -0.3 is 0 Å². The Balaban J connectivity index is 1.45. The number of rotatable bonds is 8. The maximum absolute atomic E-state index is 13.6. The maximum atomic E-state index is 13.6. The minimum Gasteiger partial charge on any atom is -0.266 e. The summed E-state index contributed by atoms with van der Waals surface area (Å²) in [7, 11) is -3.84. The largest absolute Gasteiger partial charge is 0.269 e. The number of nitro benzene ring substituents is 1. The second-order valence-corrected chi connectivity index (χ2v) is 11.3. The van der Waals surface area contributed by atoms with Crippen LogP contribution in [0, 0.1) is 24.0 Å². The van der Waals surface area contributed by atoms with Crippen molar-refractivity contribution in [2.24, 2.45) is 0 Å². The summed E-state index contributed by atoms with van der Waals surface area (Å²) < 4.78 is 30.2. The van der Waals surface area contributed by atoms with E-state index in [0.717, 1.165) is 16.7 Å². The van der Waals surface area contributed by atoms with Crippen molar-refractivity contribution >= 4 is 37.7 Å². The molecular formula is C25H22N6O4S2. The van der Waals surface area contributed by atoms with Crippen molar-refractivity contribution < 1.29 is 13.3 Å². The van der Waals surface area contributed by atoms with Crippen molar-refractivity contribution in [3.8, 4) is 10.6 Å². The predicted molar refractivity (Wildman–Crippen MR) is 141 cm³/mol. The summed E-state index contributed by atoms with van der Waals surface area (Å²) in [6, 6.07) is 20.2. The molecule has 5 rings (SSSR count). The standard InChI is InChI=1S/C25H22N6O4S2/c1-17-3-9-20(10-4-17)29(37(34,35)22-13-5-18(2)6-14-22)16-15-23-26-27-25-30(23)28-24(36-25)19-7-11-21(12-8-19)31(32)33/h3-14H,15-16H2,1-2H3. The van der Waals surface area contributed by atoms with E-state index in [-0.39, 0.29) is 23.5 Å². The second kappa shape index (κ2) is 9.71. The predicted octanol–water partition coefficient (Wildman–Crippen LogP) is 4.82. The topological polar surface area (TPSA) is 124 Å². The van der Waals surface area contributed by atoms with E-state index >= 15 is 0 Å². The lowest BCUT2D eigenvalue weighted by atomic mass is 10.2. The van der Waals surface area contributed by atoms with Gasteiger partial charge in [0.1, 0.15) is 5.01 Å². The molecule has 5 aromatic rings. The number of hydrogen-bond acceptors (Lipinski definition) is 8. The van der Waals surface area contributed by atoms with Gasteiger partial charge in [-0.3, -0.25) is 14.4 Å². The lowest BCUT2D eigenvalue weighted by molar-refractivity contribution is -0.384. The van der Waals surface area contributed by atoms with E-state index in [4.69, 9.17) is 0 Å². The van der Waals surface area contributed by atoms with Crippen LogP contribution in [-0.4, -0.2) is 39.7 Å². The lowest BCUT2D eigenvalue weighted by Gasteiger charge is -2.24. The van der Waals surface area contributed by atoms with Gasteiger partial charge in [0.15, 0.2) is 5.82 Å². The van der Waals surface area contributed by atoms with Crippen LogP contribution in [0.5, 0.6) is 0 Å². The number of fused-ring (bicyclic) bond motifs is 1. The number of benzene rings is 3. The number of aryl methyl sites for hydroxylation is 2. The number of nitrogens with zero attached hydrogens (tertiary/aromatic N) is 6. The van der Waals surface area contributed by atoms with Crippen LogP contribution in [0.1, 0.15) is 17.0 Å². The Bertz CT molecular complexity index is 1680. The molecule has 0 fully saturated rings. The van der Waals surface area contributed by atoms with Gasteiger partial charge >= 0.3 is 0 Å². The van der Waals surface area contributed by atoms with Crippen LogP contribution in [0.2, 0.25) is 0 Å². The monoisotopic (exact) mass is 534 g/mol. The van der Waals surface area contributed by atoms with Gasteiger partial charge in [0.05, 0.1) is 15.5 Å². The summed E-state index contributed by atoms with van der Waals surface area (Å²) in [5, 5.41) is 24.6. The first-order valence-electron chi connectivity index (χ1n) is 11.3. The first-order valence-corrected chi connectivity index (χ1v) is 13.6. The number of aromatic nitrogens is 4. The number of non-ortho nitro benzene ring substituents is 1. The van der Waals surface area contributed by atoms with Gasteiger partial charge in [-0.15, -0.1) is 10.2 Å². The fourth-order valence-corrected chi connectivity index (χ4v) is 6.12. The van der Waals surface area contributed by atoms with Gasteiger partial charge in [-0.05, 0) is 50.2 Å². The highest BCUT2D eigenvalue weighted by Crippen LogP contribution is 2.28. The fraction of sp³-hybridized carbons (Fsp3) is 0.160. The van der Waals surface area contributed by atoms with E-state index in [1.807, 2.05) is 26.0 Å². The quantitative estimate of drug-likeness (QED) is 0.207. The van der Waals surface area contributed by atoms with Gasteiger partial charge in [-0.2, -0.15) is 9.61 Å². The molecule has 188 valence electrons. The summed E-state index contributed by atoms with van der Waals surface area (Å²) in [5.41, 5.74) is 3.27. The Morgan fingerprint density at radius 1 is 0.919 bits per heavy atom. The number of nitro groups is 1. The third kappa shape index (κ3) is 4.93. The van der Waals surface area contributed by atoms with Gasteiger partial charge in [0, 0.05) is 30.7 Å². The van der Waals surface area contributed by atoms with Gasteiger partial charge in [0.25, 0.3) is 15.7 Å². The summed E-state index contributed by atoms with van der Waals surface area (Å²) in [6.07, 6.45) is 0.267. The van der Waals surface area contributed by atoms with Crippen molar-refractivity contribution in [3.05, 3.63) is 99.9 Å². The summed E-state index contributed by atoms with van der Waals surface area (Å²) in [6.45, 7) is 3.98. The summed E-state index contributed by atoms with van der Waals surface area (Å²) in [4.78, 5) is 11.2. The third-order valence-electron chi connectivity index (χ3n) is 5.85. The molecule has 0 amide bonds. The molecular weight excluding hydrogens is 512 g/mol. The zero-order chi connectivity index (χ0) is 26.2. The van der Waals surface area contributed by atoms with Gasteiger partial charge in [-0.1, -0.05) is 46.7 Å². The van der Waals surface area contributed by atoms with E-state index in [0.29, 0.717) is 21.5 Å². The van der Waals surface area contributed by atoms with E-state index in [1.165, 1.54) is 27.8 Å². The normalized spacial score (nSPS) is 11.6. The average molecular weight is 535 g/mol. The molecule has 0 saturated heterocycles. The Morgan fingerprint density at radius 3 is 2.16 bits per heavy atom. The first kappa shape index (κ1) is 24.5. The zero-order valence-electron chi connectivity index (χ0n) is 20.0. The van der Waals surface area contributed by atoms with Crippen molar-refractivity contribution in [2.45, 2.75) is 25.2 Å². The molecule has 0 unspecified atom stereocenters. The highest BCUT2D eigenvalue weighted by Gasteiger charge is 2.26. The molecule has 0 atom stereocenters. The minimum absolute atomic E-state index is 0.00146. The molecule has 0 saturated carbocycles. The molecule has 37 heavy (non-hydrogen) atoms. The smallest absolute Gasteiger partial charge is 0.266 e. The van der Waals surface area contributed by atoms with Gasteiger partial charge in [0.2, 0.25) is 4.96 Å². The second-order valence-electron chi connectivity index (χ2n) is 8.50. The van der Waals surface area contributed by atoms with Crippen LogP contribution in [0.4, 0.5) is 11.4 Å². The van der Waals surface area contributed by atoms with Crippen LogP contribution in [0.25, 0.3) is 15.5 Å². The van der Waals surface area contributed by atoms with Crippen molar-refractivity contribution in [2.75, 3.05) is 10.8 Å². The van der Waals surface area contributed by atoms with E-state index < -0.39 is 14.9 Å². The molecule has 3 aromatic carbocycles. The highest BCUT2D eigenvalue weighted by molar-refractivity contribution is 7.92. The van der Waals surface area contributed by atoms with Crippen LogP contribution < -0.4 is 4.31 Å². The first-order chi connectivity index (χ1) is 17.7. The van der Waals surface area contributed by atoms with Crippen LogP contribution >= 0.6 is 11.3 Å². The Labute approximate surface area is 217 Å². The summed E-state index contributed by atoms with van der Waals surface area (Å²) >= 11 is 1.30. The summed E-state index contributed by atoms with van der Waals surface area (Å²) in [5.74, 6) is 0.510. The van der Waals surface area contributed by atoms with E-state index in [1.54, 1.807) is 53.0 Å². The number of anilines is 1. The molecule has 0 aliphatic rings. The van der Waals surface area contributed by atoms with E-state index in [2.05, 4.69) is 15.3 Å². The average Bonchev–Trinajstić information content (AvgIpc) is 3.47. The molecule has 0 spiro atoms. The fourth-order valence-electron chi connectivity index (χ4n) is 3.79. The van der Waals surface area contributed by atoms with Crippen molar-refractivity contribution in [1.29, 1.82) is 0 Å². The Kier molecular flexibility index (Phi) is 6.44. The molecule has 10 nitrogen and oxygen atoms in total. The molecule has 12 heteroatoms. The molecule has 2 heterocycles. The van der Waals surface area contributed by atoms with E-state index in [9.17, 15) is 18.5 Å².